The number of nitrogens with zero attached hydrogens (tertiary/aromatic N) is 3. The molecule has 168 valence electrons. The summed E-state index contributed by atoms with van der Waals surface area (Å²) < 4.78 is 1.57. The van der Waals surface area contributed by atoms with E-state index in [1.54, 1.807) is 24.0 Å². The van der Waals surface area contributed by atoms with Crippen LogP contribution in [0.15, 0.2) is 77.9 Å². The highest BCUT2D eigenvalue weighted by atomic mass is 16.1. The second-order valence-electron chi connectivity index (χ2n) is 7.94. The van der Waals surface area contributed by atoms with E-state index in [0.29, 0.717) is 30.3 Å². The van der Waals surface area contributed by atoms with Crippen molar-refractivity contribution in [3.05, 3.63) is 94.5 Å². The Kier molecular flexibility index (Phi) is 6.80. The van der Waals surface area contributed by atoms with E-state index >= 15 is 0 Å². The van der Waals surface area contributed by atoms with Crippen LogP contribution in [0.2, 0.25) is 0 Å². The molecule has 0 aliphatic carbocycles. The summed E-state index contributed by atoms with van der Waals surface area (Å²) in [5.41, 5.74) is 17.3. The topological polar surface area (TPSA) is 112 Å². The lowest BCUT2D eigenvalue weighted by Gasteiger charge is -2.16. The maximum absolute atomic E-state index is 13.5. The van der Waals surface area contributed by atoms with E-state index in [1.165, 1.54) is 5.56 Å². The molecule has 0 radical (unpaired) electrons. The summed E-state index contributed by atoms with van der Waals surface area (Å²) in [5.74, 6) is 0.526. The monoisotopic (exact) mass is 440 g/mol. The normalized spacial score (nSPS) is 10.8. The molecule has 7 heteroatoms. The minimum absolute atomic E-state index is 0.121. The Bertz CT molecular complexity index is 1300. The smallest absolute Gasteiger partial charge is 0.263 e. The van der Waals surface area contributed by atoms with Crippen LogP contribution in [0.1, 0.15) is 17.5 Å². The number of hydrogen-bond donors (Lipinski definition) is 3. The molecule has 4 aromatic rings. The zero-order valence-corrected chi connectivity index (χ0v) is 18.7. The molecule has 5 N–H and O–H groups in total. The molecular weight excluding hydrogens is 412 g/mol. The summed E-state index contributed by atoms with van der Waals surface area (Å²) in [7, 11) is 1.74. The van der Waals surface area contributed by atoms with Crippen LogP contribution in [0.5, 0.6) is 0 Å². The summed E-state index contributed by atoms with van der Waals surface area (Å²) in [6.07, 6.45) is 5.16. The molecule has 0 spiro atoms. The maximum Gasteiger partial charge on any atom is 0.263 e. The van der Waals surface area contributed by atoms with Gasteiger partial charge in [-0.25, -0.2) is 4.98 Å². The molecule has 2 heterocycles. The molecule has 0 aliphatic heterocycles. The molecule has 4 rings (SSSR count). The number of benzene rings is 2. The van der Waals surface area contributed by atoms with Crippen LogP contribution in [-0.4, -0.2) is 21.1 Å². The number of aryl methyl sites for hydroxylation is 1. The molecule has 33 heavy (non-hydrogen) atoms. The Labute approximate surface area is 193 Å². The Balaban J connectivity index is 1.66. The number of aromatic nitrogens is 3. The number of rotatable bonds is 8. The number of nitrogens with two attached hydrogens (primary N) is 2. The van der Waals surface area contributed by atoms with Crippen LogP contribution >= 0.6 is 0 Å². The van der Waals surface area contributed by atoms with Gasteiger partial charge in [0, 0.05) is 43.8 Å². The summed E-state index contributed by atoms with van der Waals surface area (Å²) in [5, 5.41) is 3.34. The highest BCUT2D eigenvalue weighted by Gasteiger charge is 2.18. The standard InChI is InChI=1S/C26H28N6O/c1-32-25(33)23(21-8-2-6-19(15-21)17-27)24(20-10-13-29-14-11-20)31-26(32)30-12-4-7-18-5-3-9-22(28)16-18/h2-3,5-6,8-11,13-16H,4,7,12,17,27-28H2,1H3,(H,30,31). The number of nitrogens with one attached hydrogen (secondary N) is 1. The van der Waals surface area contributed by atoms with Crippen molar-refractivity contribution in [3.63, 3.8) is 0 Å². The number of anilines is 2. The van der Waals surface area contributed by atoms with Crippen molar-refractivity contribution >= 4 is 11.6 Å². The fourth-order valence-electron chi connectivity index (χ4n) is 3.83. The number of nitrogen functional groups attached to an aromatic ring is 1. The number of pyridine rings is 1. The first-order valence-corrected chi connectivity index (χ1v) is 11.0. The summed E-state index contributed by atoms with van der Waals surface area (Å²) >= 11 is 0. The Morgan fingerprint density at radius 1 is 0.970 bits per heavy atom. The van der Waals surface area contributed by atoms with Gasteiger partial charge in [-0.15, -0.1) is 0 Å². The molecule has 0 bridgehead atoms. The fraction of sp³-hybridized carbons (Fsp3) is 0.192. The predicted molar refractivity (Wildman–Crippen MR) is 134 cm³/mol. The third-order valence-electron chi connectivity index (χ3n) is 5.57. The SMILES string of the molecule is Cn1c(NCCCc2cccc(N)c2)nc(-c2ccncc2)c(-c2cccc(CN)c2)c1=O. The van der Waals surface area contributed by atoms with Crippen molar-refractivity contribution in [2.75, 3.05) is 17.6 Å². The van der Waals surface area contributed by atoms with Gasteiger partial charge in [0.2, 0.25) is 5.95 Å². The lowest BCUT2D eigenvalue weighted by atomic mass is 9.99. The van der Waals surface area contributed by atoms with E-state index in [0.717, 1.165) is 35.2 Å². The zero-order valence-electron chi connectivity index (χ0n) is 18.7. The van der Waals surface area contributed by atoms with Gasteiger partial charge in [-0.1, -0.05) is 30.3 Å². The van der Waals surface area contributed by atoms with E-state index in [4.69, 9.17) is 16.5 Å². The highest BCUT2D eigenvalue weighted by Crippen LogP contribution is 2.29. The van der Waals surface area contributed by atoms with E-state index in [-0.39, 0.29) is 5.56 Å². The molecule has 0 saturated carbocycles. The van der Waals surface area contributed by atoms with Gasteiger partial charge in [-0.2, -0.15) is 0 Å². The molecule has 0 amide bonds. The maximum atomic E-state index is 13.5. The lowest BCUT2D eigenvalue weighted by Crippen LogP contribution is -2.25. The van der Waals surface area contributed by atoms with E-state index in [1.807, 2.05) is 54.6 Å². The molecule has 0 saturated heterocycles. The van der Waals surface area contributed by atoms with Crippen molar-refractivity contribution in [1.29, 1.82) is 0 Å². The first-order chi connectivity index (χ1) is 16.1. The summed E-state index contributed by atoms with van der Waals surface area (Å²) in [4.78, 5) is 22.5. The van der Waals surface area contributed by atoms with Gasteiger partial charge in [0.25, 0.3) is 5.56 Å². The molecule has 0 aliphatic rings. The molecule has 0 atom stereocenters. The third-order valence-corrected chi connectivity index (χ3v) is 5.57. The predicted octanol–water partition coefficient (Wildman–Crippen LogP) is 3.59. The van der Waals surface area contributed by atoms with E-state index in [9.17, 15) is 4.79 Å². The second-order valence-corrected chi connectivity index (χ2v) is 7.94. The van der Waals surface area contributed by atoms with Crippen molar-refractivity contribution in [2.45, 2.75) is 19.4 Å². The molecule has 0 unspecified atom stereocenters. The highest BCUT2D eigenvalue weighted by molar-refractivity contribution is 5.81. The van der Waals surface area contributed by atoms with Crippen LogP contribution in [0, 0.1) is 0 Å². The largest absolute Gasteiger partial charge is 0.399 e. The van der Waals surface area contributed by atoms with Gasteiger partial charge in [-0.3, -0.25) is 14.3 Å². The van der Waals surface area contributed by atoms with Crippen molar-refractivity contribution in [3.8, 4) is 22.4 Å². The van der Waals surface area contributed by atoms with Crippen LogP contribution in [0.4, 0.5) is 11.6 Å². The summed E-state index contributed by atoms with van der Waals surface area (Å²) in [6, 6.07) is 19.3. The average molecular weight is 441 g/mol. The minimum atomic E-state index is -0.121. The molecule has 2 aromatic heterocycles. The van der Waals surface area contributed by atoms with Crippen LogP contribution in [0.3, 0.4) is 0 Å². The van der Waals surface area contributed by atoms with Gasteiger partial charge in [0.05, 0.1) is 11.3 Å². The first-order valence-electron chi connectivity index (χ1n) is 11.0. The number of hydrogen-bond acceptors (Lipinski definition) is 6. The Morgan fingerprint density at radius 2 is 1.73 bits per heavy atom. The van der Waals surface area contributed by atoms with Crippen LogP contribution in [0.25, 0.3) is 22.4 Å². The lowest BCUT2D eigenvalue weighted by molar-refractivity contribution is 0.798. The molecule has 0 fully saturated rings. The fourth-order valence-corrected chi connectivity index (χ4v) is 3.83. The zero-order chi connectivity index (χ0) is 23.2. The van der Waals surface area contributed by atoms with Crippen molar-refractivity contribution < 1.29 is 0 Å². The van der Waals surface area contributed by atoms with E-state index < -0.39 is 0 Å². The van der Waals surface area contributed by atoms with Gasteiger partial charge in [0.15, 0.2) is 0 Å². The molecule has 2 aromatic carbocycles. The minimum Gasteiger partial charge on any atom is -0.399 e. The van der Waals surface area contributed by atoms with Crippen molar-refractivity contribution in [2.24, 2.45) is 12.8 Å². The molecular formula is C26H28N6O. The second kappa shape index (κ2) is 10.1. The first kappa shape index (κ1) is 22.2. The average Bonchev–Trinajstić information content (AvgIpc) is 2.84. The van der Waals surface area contributed by atoms with Gasteiger partial charge < -0.3 is 16.8 Å². The van der Waals surface area contributed by atoms with Gasteiger partial charge >= 0.3 is 0 Å². The third kappa shape index (κ3) is 5.10. The van der Waals surface area contributed by atoms with Gasteiger partial charge in [-0.05, 0) is 59.9 Å². The molecule has 7 nitrogen and oxygen atoms in total. The van der Waals surface area contributed by atoms with Crippen LogP contribution < -0.4 is 22.3 Å². The van der Waals surface area contributed by atoms with Crippen molar-refractivity contribution in [1.82, 2.24) is 14.5 Å². The summed E-state index contributed by atoms with van der Waals surface area (Å²) in [6.45, 7) is 1.08. The van der Waals surface area contributed by atoms with E-state index in [2.05, 4.69) is 16.4 Å². The van der Waals surface area contributed by atoms with Crippen LogP contribution in [-0.2, 0) is 20.0 Å². The Hall–Kier alpha value is -3.97. The van der Waals surface area contributed by atoms with Gasteiger partial charge in [0.1, 0.15) is 0 Å². The Morgan fingerprint density at radius 3 is 2.48 bits per heavy atom. The quantitative estimate of drug-likeness (QED) is 0.285.